The van der Waals surface area contributed by atoms with Crippen LogP contribution < -0.4 is 4.90 Å². The van der Waals surface area contributed by atoms with Crippen molar-refractivity contribution in [2.75, 3.05) is 11.9 Å². The van der Waals surface area contributed by atoms with Gasteiger partial charge in [0.2, 0.25) is 0 Å². The van der Waals surface area contributed by atoms with Gasteiger partial charge in [0.1, 0.15) is 11.9 Å². The Hall–Kier alpha value is -3.02. The second-order valence-corrected chi connectivity index (χ2v) is 4.45. The predicted molar refractivity (Wildman–Crippen MR) is 73.4 cm³/mol. The number of alkyl halides is 2. The Bertz CT molecular complexity index is 738. The molecule has 9 heteroatoms. The third kappa shape index (κ3) is 3.01. The minimum Gasteiger partial charge on any atom is -0.366 e. The van der Waals surface area contributed by atoms with Crippen LogP contribution in [0.25, 0.3) is 0 Å². The van der Waals surface area contributed by atoms with Gasteiger partial charge in [-0.1, -0.05) is 0 Å². The van der Waals surface area contributed by atoms with E-state index in [1.54, 1.807) is 7.05 Å². The largest absolute Gasteiger partial charge is 0.366 e. The average molecular weight is 307 g/mol. The first kappa shape index (κ1) is 15.4. The highest BCUT2D eigenvalue weighted by Gasteiger charge is 2.17. The average Bonchev–Trinajstić information content (AvgIpc) is 2.94. The number of rotatable bonds is 5. The molecule has 0 saturated heterocycles. The summed E-state index contributed by atoms with van der Waals surface area (Å²) in [7, 11) is 1.59. The lowest BCUT2D eigenvalue weighted by Crippen LogP contribution is -2.21. The van der Waals surface area contributed by atoms with Crippen LogP contribution in [0, 0.1) is 21.4 Å². The number of nitrogens with zero attached hydrogens (tertiary/aromatic N) is 5. The van der Waals surface area contributed by atoms with E-state index in [0.717, 1.165) is 12.3 Å². The van der Waals surface area contributed by atoms with Crippen molar-refractivity contribution >= 4 is 11.4 Å². The van der Waals surface area contributed by atoms with Gasteiger partial charge >= 0.3 is 6.55 Å². The highest BCUT2D eigenvalue weighted by Crippen LogP contribution is 2.25. The minimum atomic E-state index is -2.71. The van der Waals surface area contributed by atoms with Crippen molar-refractivity contribution in [3.8, 4) is 6.07 Å². The molecule has 0 atom stereocenters. The quantitative estimate of drug-likeness (QED) is 0.626. The molecule has 7 nitrogen and oxygen atoms in total. The van der Waals surface area contributed by atoms with Gasteiger partial charge in [-0.2, -0.15) is 14.0 Å². The van der Waals surface area contributed by atoms with Crippen LogP contribution >= 0.6 is 0 Å². The molecule has 22 heavy (non-hydrogen) atoms. The molecule has 114 valence electrons. The van der Waals surface area contributed by atoms with Crippen molar-refractivity contribution in [1.82, 2.24) is 9.55 Å². The number of nitro benzene ring substituents is 1. The molecule has 2 rings (SSSR count). The molecule has 0 aliphatic rings. The molecule has 0 fully saturated rings. The SMILES string of the molecule is CN(Cc1nccn1C(F)F)c1ccc([N+](=O)[O-])cc1C#N. The minimum absolute atomic E-state index is 0.0316. The van der Waals surface area contributed by atoms with Gasteiger partial charge in [0.05, 0.1) is 22.7 Å². The number of nitro groups is 1. The summed E-state index contributed by atoms with van der Waals surface area (Å²) in [4.78, 5) is 15.5. The summed E-state index contributed by atoms with van der Waals surface area (Å²) in [6.45, 7) is -2.68. The first-order valence-corrected chi connectivity index (χ1v) is 6.13. The molecule has 1 heterocycles. The molecule has 0 aliphatic carbocycles. The maximum Gasteiger partial charge on any atom is 0.319 e. The van der Waals surface area contributed by atoms with Gasteiger partial charge in [0.25, 0.3) is 5.69 Å². The maximum atomic E-state index is 12.8. The van der Waals surface area contributed by atoms with Gasteiger partial charge in [-0.15, -0.1) is 0 Å². The zero-order chi connectivity index (χ0) is 16.3. The van der Waals surface area contributed by atoms with Gasteiger partial charge in [-0.25, -0.2) is 4.98 Å². The second-order valence-electron chi connectivity index (χ2n) is 4.45. The molecule has 0 N–H and O–H groups in total. The van der Waals surface area contributed by atoms with Crippen LogP contribution in [0.15, 0.2) is 30.6 Å². The highest BCUT2D eigenvalue weighted by atomic mass is 19.3. The van der Waals surface area contributed by atoms with Gasteiger partial charge in [-0.3, -0.25) is 14.7 Å². The normalized spacial score (nSPS) is 10.5. The van der Waals surface area contributed by atoms with Crippen LogP contribution in [-0.4, -0.2) is 21.5 Å². The lowest BCUT2D eigenvalue weighted by atomic mass is 10.1. The fourth-order valence-electron chi connectivity index (χ4n) is 2.00. The Labute approximate surface area is 124 Å². The zero-order valence-electron chi connectivity index (χ0n) is 11.5. The summed E-state index contributed by atoms with van der Waals surface area (Å²) < 4.78 is 26.3. The summed E-state index contributed by atoms with van der Waals surface area (Å²) in [5, 5.41) is 19.8. The molecule has 2 aromatic rings. The van der Waals surface area contributed by atoms with Gasteiger partial charge in [0, 0.05) is 31.6 Å². The fraction of sp³-hybridized carbons (Fsp3) is 0.231. The van der Waals surface area contributed by atoms with Crippen molar-refractivity contribution in [3.05, 3.63) is 52.1 Å². The molecule has 0 bridgehead atoms. The van der Waals surface area contributed by atoms with Crippen molar-refractivity contribution in [3.63, 3.8) is 0 Å². The van der Waals surface area contributed by atoms with E-state index in [4.69, 9.17) is 5.26 Å². The summed E-state index contributed by atoms with van der Waals surface area (Å²) in [5.41, 5.74) is 0.284. The monoisotopic (exact) mass is 307 g/mol. The Balaban J connectivity index is 2.30. The first-order valence-electron chi connectivity index (χ1n) is 6.13. The van der Waals surface area contributed by atoms with Crippen LogP contribution in [0.1, 0.15) is 17.9 Å². The number of nitriles is 1. The van der Waals surface area contributed by atoms with E-state index in [1.807, 2.05) is 6.07 Å². The molecule has 1 aromatic carbocycles. The zero-order valence-corrected chi connectivity index (χ0v) is 11.5. The molecule has 0 amide bonds. The Morgan fingerprint density at radius 3 is 2.86 bits per heavy atom. The van der Waals surface area contributed by atoms with Crippen molar-refractivity contribution in [2.24, 2.45) is 0 Å². The topological polar surface area (TPSA) is 88.0 Å². The number of anilines is 1. The number of hydrogen-bond donors (Lipinski definition) is 0. The maximum absolute atomic E-state index is 12.8. The van der Waals surface area contributed by atoms with E-state index in [9.17, 15) is 18.9 Å². The third-order valence-electron chi connectivity index (χ3n) is 3.06. The van der Waals surface area contributed by atoms with Crippen LogP contribution in [-0.2, 0) is 6.54 Å². The van der Waals surface area contributed by atoms with Gasteiger partial charge < -0.3 is 4.90 Å². The lowest BCUT2D eigenvalue weighted by molar-refractivity contribution is -0.384. The number of halogens is 2. The van der Waals surface area contributed by atoms with E-state index in [0.29, 0.717) is 10.3 Å². The third-order valence-corrected chi connectivity index (χ3v) is 3.06. The van der Waals surface area contributed by atoms with Gasteiger partial charge in [0.15, 0.2) is 0 Å². The Kier molecular flexibility index (Phi) is 4.31. The Morgan fingerprint density at radius 1 is 1.55 bits per heavy atom. The fourth-order valence-corrected chi connectivity index (χ4v) is 2.00. The summed E-state index contributed by atoms with van der Waals surface area (Å²) in [5.74, 6) is 0.125. The number of hydrogen-bond acceptors (Lipinski definition) is 5. The number of imidazole rings is 1. The van der Waals surface area contributed by atoms with Crippen LogP contribution in [0.4, 0.5) is 20.2 Å². The molecular weight excluding hydrogens is 296 g/mol. The standard InChI is InChI=1S/C13H11F2N5O2/c1-18(8-12-17-4-5-19(12)13(14)15)11-3-2-10(20(21)22)6-9(11)7-16/h2-6,13H,8H2,1H3. The summed E-state index contributed by atoms with van der Waals surface area (Å²) in [6, 6.07) is 5.68. The second kappa shape index (κ2) is 6.17. The van der Waals surface area contributed by atoms with E-state index >= 15 is 0 Å². The van der Waals surface area contributed by atoms with Gasteiger partial charge in [-0.05, 0) is 6.07 Å². The van der Waals surface area contributed by atoms with E-state index in [2.05, 4.69) is 4.98 Å². The predicted octanol–water partition coefficient (Wildman–Crippen LogP) is 2.69. The molecule has 0 spiro atoms. The first-order chi connectivity index (χ1) is 10.4. The number of aromatic nitrogens is 2. The lowest BCUT2D eigenvalue weighted by Gasteiger charge is -2.20. The van der Waals surface area contributed by atoms with E-state index < -0.39 is 11.5 Å². The van der Waals surface area contributed by atoms with Crippen LogP contribution in [0.5, 0.6) is 0 Å². The molecular formula is C13H11F2N5O2. The van der Waals surface area contributed by atoms with E-state index in [-0.39, 0.29) is 23.6 Å². The molecule has 0 radical (unpaired) electrons. The number of non-ortho nitro benzene ring substituents is 1. The van der Waals surface area contributed by atoms with Crippen LogP contribution in [0.2, 0.25) is 0 Å². The van der Waals surface area contributed by atoms with Crippen molar-refractivity contribution < 1.29 is 13.7 Å². The molecule has 0 unspecified atom stereocenters. The summed E-state index contributed by atoms with van der Waals surface area (Å²) >= 11 is 0. The smallest absolute Gasteiger partial charge is 0.319 e. The molecule has 0 saturated carbocycles. The van der Waals surface area contributed by atoms with Crippen LogP contribution in [0.3, 0.4) is 0 Å². The summed E-state index contributed by atoms with van der Waals surface area (Å²) in [6.07, 6.45) is 2.42. The van der Waals surface area contributed by atoms with E-state index in [1.165, 1.54) is 23.2 Å². The van der Waals surface area contributed by atoms with Crippen molar-refractivity contribution in [2.45, 2.75) is 13.1 Å². The highest BCUT2D eigenvalue weighted by molar-refractivity contribution is 5.62. The number of benzene rings is 1. The van der Waals surface area contributed by atoms with Crippen molar-refractivity contribution in [1.29, 1.82) is 5.26 Å². The Morgan fingerprint density at radius 2 is 2.27 bits per heavy atom. The molecule has 1 aromatic heterocycles. The molecule has 0 aliphatic heterocycles.